The van der Waals surface area contributed by atoms with Crippen LogP contribution in [0.1, 0.15) is 57.4 Å². The Morgan fingerprint density at radius 3 is 2.16 bits per heavy atom. The zero-order chi connectivity index (χ0) is 13.8. The monoisotopic (exact) mass is 280 g/mol. The number of rotatable bonds is 11. The minimum absolute atomic E-state index is 0.681. The van der Waals surface area contributed by atoms with Crippen LogP contribution in [0.4, 0.5) is 0 Å². The van der Waals surface area contributed by atoms with E-state index in [2.05, 4.69) is 43.8 Å². The predicted molar refractivity (Wildman–Crippen MR) is 87.5 cm³/mol. The number of benzene rings is 1. The van der Waals surface area contributed by atoms with Crippen molar-refractivity contribution in [2.75, 3.05) is 12.4 Å². The highest BCUT2D eigenvalue weighted by molar-refractivity contribution is 7.80. The van der Waals surface area contributed by atoms with E-state index in [0.29, 0.717) is 6.61 Å². The first kappa shape index (κ1) is 16.4. The molecule has 1 aromatic carbocycles. The Labute approximate surface area is 124 Å². The zero-order valence-corrected chi connectivity index (χ0v) is 13.1. The lowest BCUT2D eigenvalue weighted by molar-refractivity contribution is 0.344. The third-order valence-electron chi connectivity index (χ3n) is 3.35. The molecule has 2 heteroatoms. The quantitative estimate of drug-likeness (QED) is 0.428. The summed E-state index contributed by atoms with van der Waals surface area (Å²) in [5.41, 5.74) is 1.42. The number of unbranched alkanes of at least 4 members (excludes halogenated alkanes) is 6. The van der Waals surface area contributed by atoms with E-state index in [-0.39, 0.29) is 0 Å². The molecule has 0 atom stereocenters. The molecular formula is C17H28OS. The molecule has 0 radical (unpaired) electrons. The van der Waals surface area contributed by atoms with Gasteiger partial charge in [-0.15, -0.1) is 0 Å². The minimum Gasteiger partial charge on any atom is -0.493 e. The van der Waals surface area contributed by atoms with E-state index in [1.165, 1.54) is 56.9 Å². The molecule has 0 saturated carbocycles. The molecule has 0 amide bonds. The fourth-order valence-corrected chi connectivity index (χ4v) is 2.29. The largest absolute Gasteiger partial charge is 0.493 e. The van der Waals surface area contributed by atoms with E-state index in [1.54, 1.807) is 0 Å². The number of thiol groups is 1. The molecule has 19 heavy (non-hydrogen) atoms. The molecular weight excluding hydrogens is 252 g/mol. The molecule has 1 nitrogen and oxygen atoms in total. The van der Waals surface area contributed by atoms with Crippen LogP contribution >= 0.6 is 12.6 Å². The highest BCUT2D eigenvalue weighted by Crippen LogP contribution is 2.15. The molecule has 0 bridgehead atoms. The van der Waals surface area contributed by atoms with Gasteiger partial charge in [-0.25, -0.2) is 0 Å². The second kappa shape index (κ2) is 11.2. The first-order chi connectivity index (χ1) is 9.36. The van der Waals surface area contributed by atoms with Gasteiger partial charge in [-0.1, -0.05) is 57.6 Å². The van der Waals surface area contributed by atoms with Gasteiger partial charge in [0.05, 0.1) is 6.61 Å². The van der Waals surface area contributed by atoms with Crippen LogP contribution in [-0.2, 0) is 6.42 Å². The fourth-order valence-electron chi connectivity index (χ4n) is 2.20. The van der Waals surface area contributed by atoms with E-state index in [1.807, 2.05) is 0 Å². The van der Waals surface area contributed by atoms with E-state index < -0.39 is 0 Å². The lowest BCUT2D eigenvalue weighted by Crippen LogP contribution is -1.97. The maximum absolute atomic E-state index is 5.51. The minimum atomic E-state index is 0.681. The van der Waals surface area contributed by atoms with Gasteiger partial charge in [0.2, 0.25) is 0 Å². The highest BCUT2D eigenvalue weighted by Gasteiger charge is 1.96. The number of ether oxygens (including phenoxy) is 1. The van der Waals surface area contributed by atoms with Gasteiger partial charge in [-0.2, -0.15) is 12.6 Å². The molecule has 108 valence electrons. The number of hydrogen-bond donors (Lipinski definition) is 1. The summed E-state index contributed by atoms with van der Waals surface area (Å²) in [7, 11) is 0. The van der Waals surface area contributed by atoms with Crippen molar-refractivity contribution in [3.63, 3.8) is 0 Å². The van der Waals surface area contributed by atoms with Crippen molar-refractivity contribution >= 4 is 12.6 Å². The molecule has 0 heterocycles. The Balaban J connectivity index is 2.09. The molecule has 0 aliphatic heterocycles. The smallest absolute Gasteiger partial charge is 0.119 e. The Kier molecular flexibility index (Phi) is 9.70. The van der Waals surface area contributed by atoms with Crippen molar-refractivity contribution in [2.24, 2.45) is 0 Å². The Morgan fingerprint density at radius 1 is 0.895 bits per heavy atom. The molecule has 1 aromatic rings. The van der Waals surface area contributed by atoms with Crippen molar-refractivity contribution in [1.29, 1.82) is 0 Å². The summed E-state index contributed by atoms with van der Waals surface area (Å²) in [4.78, 5) is 0. The second-order valence-electron chi connectivity index (χ2n) is 5.09. The lowest BCUT2D eigenvalue weighted by Gasteiger charge is -2.06. The Morgan fingerprint density at radius 2 is 1.53 bits per heavy atom. The van der Waals surface area contributed by atoms with Crippen LogP contribution < -0.4 is 4.74 Å². The molecule has 0 aliphatic carbocycles. The number of aryl methyl sites for hydroxylation is 1. The van der Waals surface area contributed by atoms with Gasteiger partial charge in [0.25, 0.3) is 0 Å². The van der Waals surface area contributed by atoms with Crippen molar-refractivity contribution in [1.82, 2.24) is 0 Å². The third-order valence-corrected chi connectivity index (χ3v) is 3.53. The van der Waals surface area contributed by atoms with Gasteiger partial charge in [-0.05, 0) is 30.5 Å². The maximum atomic E-state index is 5.51. The molecule has 0 unspecified atom stereocenters. The van der Waals surface area contributed by atoms with E-state index >= 15 is 0 Å². The SMILES string of the molecule is CCCCCCCCCc1ccc(OCCS)cc1. The fraction of sp³-hybridized carbons (Fsp3) is 0.647. The van der Waals surface area contributed by atoms with Gasteiger partial charge in [0.15, 0.2) is 0 Å². The van der Waals surface area contributed by atoms with Gasteiger partial charge in [-0.3, -0.25) is 0 Å². The number of hydrogen-bond acceptors (Lipinski definition) is 2. The van der Waals surface area contributed by atoms with Crippen molar-refractivity contribution < 1.29 is 4.74 Å². The molecule has 0 fully saturated rings. The summed E-state index contributed by atoms with van der Waals surface area (Å²) in [6.07, 6.45) is 10.8. The van der Waals surface area contributed by atoms with E-state index in [4.69, 9.17) is 4.74 Å². The van der Waals surface area contributed by atoms with Crippen LogP contribution in [0.5, 0.6) is 5.75 Å². The van der Waals surface area contributed by atoms with Crippen LogP contribution in [0, 0.1) is 0 Å². The topological polar surface area (TPSA) is 9.23 Å². The van der Waals surface area contributed by atoms with Crippen LogP contribution in [-0.4, -0.2) is 12.4 Å². The maximum Gasteiger partial charge on any atom is 0.119 e. The normalized spacial score (nSPS) is 10.6. The zero-order valence-electron chi connectivity index (χ0n) is 12.2. The van der Waals surface area contributed by atoms with Gasteiger partial charge in [0, 0.05) is 5.75 Å². The Hall–Kier alpha value is -0.630. The average Bonchev–Trinajstić information content (AvgIpc) is 2.45. The van der Waals surface area contributed by atoms with Gasteiger partial charge in [0.1, 0.15) is 5.75 Å². The van der Waals surface area contributed by atoms with Gasteiger partial charge < -0.3 is 4.74 Å². The molecule has 0 N–H and O–H groups in total. The van der Waals surface area contributed by atoms with Crippen LogP contribution in [0.15, 0.2) is 24.3 Å². The lowest BCUT2D eigenvalue weighted by atomic mass is 10.0. The summed E-state index contributed by atoms with van der Waals surface area (Å²) in [6.45, 7) is 2.95. The first-order valence-corrected chi connectivity index (χ1v) is 8.32. The molecule has 0 spiro atoms. The summed E-state index contributed by atoms with van der Waals surface area (Å²) in [5, 5.41) is 0. The molecule has 0 saturated heterocycles. The second-order valence-corrected chi connectivity index (χ2v) is 5.53. The Bertz CT molecular complexity index is 308. The molecule has 0 aliphatic rings. The summed E-state index contributed by atoms with van der Waals surface area (Å²) >= 11 is 4.13. The standard InChI is InChI=1S/C17H28OS/c1-2-3-4-5-6-7-8-9-16-10-12-17(13-11-16)18-14-15-19/h10-13,19H,2-9,14-15H2,1H3. The van der Waals surface area contributed by atoms with E-state index in [9.17, 15) is 0 Å². The van der Waals surface area contributed by atoms with Crippen molar-refractivity contribution in [3.05, 3.63) is 29.8 Å². The summed E-state index contributed by atoms with van der Waals surface area (Å²) < 4.78 is 5.51. The van der Waals surface area contributed by atoms with Crippen LogP contribution in [0.3, 0.4) is 0 Å². The van der Waals surface area contributed by atoms with E-state index in [0.717, 1.165) is 11.5 Å². The summed E-state index contributed by atoms with van der Waals surface area (Å²) in [5.74, 6) is 1.72. The van der Waals surface area contributed by atoms with Crippen LogP contribution in [0.25, 0.3) is 0 Å². The van der Waals surface area contributed by atoms with Crippen LogP contribution in [0.2, 0.25) is 0 Å². The molecule has 1 rings (SSSR count). The predicted octanol–water partition coefficient (Wildman–Crippen LogP) is 5.29. The first-order valence-electron chi connectivity index (χ1n) is 7.69. The molecule has 0 aromatic heterocycles. The highest BCUT2D eigenvalue weighted by atomic mass is 32.1. The third kappa shape index (κ3) is 8.20. The van der Waals surface area contributed by atoms with Crippen molar-refractivity contribution in [3.8, 4) is 5.75 Å². The van der Waals surface area contributed by atoms with Gasteiger partial charge >= 0.3 is 0 Å². The van der Waals surface area contributed by atoms with Crippen molar-refractivity contribution in [2.45, 2.75) is 58.3 Å². The summed E-state index contributed by atoms with van der Waals surface area (Å²) in [6, 6.07) is 8.51. The average molecular weight is 280 g/mol.